The van der Waals surface area contributed by atoms with E-state index < -0.39 is 11.7 Å². The van der Waals surface area contributed by atoms with Crippen LogP contribution in [0.1, 0.15) is 36.0 Å². The van der Waals surface area contributed by atoms with Crippen molar-refractivity contribution in [2.45, 2.75) is 31.7 Å². The lowest BCUT2D eigenvalue weighted by molar-refractivity contribution is 0.0977. The summed E-state index contributed by atoms with van der Waals surface area (Å²) in [5.74, 6) is -0.489. The minimum absolute atomic E-state index is 0.110. The number of rotatable bonds is 3. The van der Waals surface area contributed by atoms with Crippen LogP contribution in [0.15, 0.2) is 47.5 Å². The van der Waals surface area contributed by atoms with E-state index >= 15 is 0 Å². The lowest BCUT2D eigenvalue weighted by Gasteiger charge is -2.13. The highest BCUT2D eigenvalue weighted by molar-refractivity contribution is 6.11. The first kappa shape index (κ1) is 18.1. The van der Waals surface area contributed by atoms with E-state index in [1.807, 2.05) is 0 Å². The molecule has 0 bridgehead atoms. The standard InChI is InChI=1S/C20H19F2N5O/c21-13-7-5-12(6-8-13)19(28)25-20(23-15-3-1-2-4-15)24-18-16-10-9-14(22)11-17(16)26-27-18/h5-11,15H,1-4H2,(H3,23,24,25,26,27,28). The lowest BCUT2D eigenvalue weighted by Crippen LogP contribution is -2.37. The van der Waals surface area contributed by atoms with E-state index in [2.05, 4.69) is 25.8 Å². The number of nitrogens with zero attached hydrogens (tertiary/aromatic N) is 2. The van der Waals surface area contributed by atoms with Crippen LogP contribution < -0.4 is 10.6 Å². The molecule has 1 fully saturated rings. The van der Waals surface area contributed by atoms with E-state index in [-0.39, 0.29) is 17.8 Å². The summed E-state index contributed by atoms with van der Waals surface area (Å²) in [5.41, 5.74) is 0.851. The van der Waals surface area contributed by atoms with Gasteiger partial charge in [-0.25, -0.2) is 13.8 Å². The van der Waals surface area contributed by atoms with Gasteiger partial charge < -0.3 is 5.32 Å². The van der Waals surface area contributed by atoms with Gasteiger partial charge in [0, 0.05) is 10.9 Å². The summed E-state index contributed by atoms with van der Waals surface area (Å²) in [6.45, 7) is 0. The number of aromatic nitrogens is 2. The number of hydrogen-bond acceptors (Lipinski definition) is 3. The van der Waals surface area contributed by atoms with Crippen molar-refractivity contribution in [3.05, 3.63) is 59.7 Å². The molecule has 1 aliphatic rings. The molecule has 8 heteroatoms. The molecule has 0 unspecified atom stereocenters. The van der Waals surface area contributed by atoms with Gasteiger partial charge in [0.25, 0.3) is 5.91 Å². The molecule has 1 amide bonds. The Morgan fingerprint density at radius 3 is 2.54 bits per heavy atom. The van der Waals surface area contributed by atoms with E-state index in [1.165, 1.54) is 36.4 Å². The Kier molecular flexibility index (Phi) is 5.01. The predicted octanol–water partition coefficient (Wildman–Crippen LogP) is 3.98. The van der Waals surface area contributed by atoms with E-state index in [1.54, 1.807) is 6.07 Å². The second-order valence-electron chi connectivity index (χ2n) is 6.76. The van der Waals surface area contributed by atoms with Crippen LogP contribution in [-0.4, -0.2) is 28.1 Å². The Morgan fingerprint density at radius 1 is 1.07 bits per heavy atom. The van der Waals surface area contributed by atoms with Crippen molar-refractivity contribution in [2.75, 3.05) is 5.32 Å². The van der Waals surface area contributed by atoms with Gasteiger partial charge in [0.1, 0.15) is 11.6 Å². The molecule has 3 aromatic rings. The van der Waals surface area contributed by atoms with Crippen LogP contribution in [-0.2, 0) is 0 Å². The summed E-state index contributed by atoms with van der Waals surface area (Å²) in [4.78, 5) is 17.2. The minimum Gasteiger partial charge on any atom is -0.309 e. The van der Waals surface area contributed by atoms with Gasteiger partial charge >= 0.3 is 0 Å². The molecule has 1 aromatic heterocycles. The van der Waals surface area contributed by atoms with Crippen LogP contribution in [0.4, 0.5) is 14.6 Å². The molecule has 0 atom stereocenters. The van der Waals surface area contributed by atoms with Crippen LogP contribution >= 0.6 is 0 Å². The number of halogens is 2. The summed E-state index contributed by atoms with van der Waals surface area (Å²) in [7, 11) is 0. The number of anilines is 1. The second-order valence-corrected chi connectivity index (χ2v) is 6.76. The van der Waals surface area contributed by atoms with Gasteiger partial charge in [-0.1, -0.05) is 12.8 Å². The first-order chi connectivity index (χ1) is 13.6. The third kappa shape index (κ3) is 4.00. The molecular weight excluding hydrogens is 364 g/mol. The zero-order chi connectivity index (χ0) is 19.5. The molecule has 6 nitrogen and oxygen atoms in total. The fourth-order valence-corrected chi connectivity index (χ4v) is 3.29. The summed E-state index contributed by atoms with van der Waals surface area (Å²) in [5, 5.41) is 13.4. The SMILES string of the molecule is O=C(NC(=NC1CCCC1)Nc1n[nH]c2cc(F)ccc12)c1ccc(F)cc1. The third-order valence-electron chi connectivity index (χ3n) is 4.74. The molecule has 0 radical (unpaired) electrons. The highest BCUT2D eigenvalue weighted by Gasteiger charge is 2.18. The number of H-pyrrole nitrogens is 1. The molecule has 144 valence electrons. The highest BCUT2D eigenvalue weighted by Crippen LogP contribution is 2.23. The zero-order valence-corrected chi connectivity index (χ0v) is 15.0. The third-order valence-corrected chi connectivity index (χ3v) is 4.74. The fourth-order valence-electron chi connectivity index (χ4n) is 3.29. The monoisotopic (exact) mass is 383 g/mol. The number of amides is 1. The maximum Gasteiger partial charge on any atom is 0.257 e. The molecule has 0 spiro atoms. The summed E-state index contributed by atoms with van der Waals surface area (Å²) < 4.78 is 26.5. The number of fused-ring (bicyclic) bond motifs is 1. The minimum atomic E-state index is -0.412. The number of carbonyl (C=O) groups excluding carboxylic acids is 1. The van der Waals surface area contributed by atoms with E-state index in [4.69, 9.17) is 0 Å². The molecule has 1 saturated carbocycles. The van der Waals surface area contributed by atoms with E-state index in [9.17, 15) is 13.6 Å². The quantitative estimate of drug-likeness (QED) is 0.473. The first-order valence-electron chi connectivity index (χ1n) is 9.14. The van der Waals surface area contributed by atoms with Gasteiger partial charge in [-0.2, -0.15) is 5.10 Å². The van der Waals surface area contributed by atoms with Gasteiger partial charge in [0.05, 0.1) is 11.6 Å². The Hall–Kier alpha value is -3.29. The number of guanidine groups is 1. The van der Waals surface area contributed by atoms with Crippen molar-refractivity contribution >= 4 is 28.6 Å². The molecule has 1 aliphatic carbocycles. The van der Waals surface area contributed by atoms with Gasteiger partial charge in [-0.15, -0.1) is 0 Å². The van der Waals surface area contributed by atoms with Crippen molar-refractivity contribution in [3.63, 3.8) is 0 Å². The van der Waals surface area contributed by atoms with Gasteiger partial charge in [-0.3, -0.25) is 15.2 Å². The number of aliphatic imine (C=N–C) groups is 1. The van der Waals surface area contributed by atoms with Crippen molar-refractivity contribution in [1.29, 1.82) is 0 Å². The van der Waals surface area contributed by atoms with Crippen LogP contribution in [0.5, 0.6) is 0 Å². The molecule has 1 heterocycles. The van der Waals surface area contributed by atoms with Gasteiger partial charge in [0.2, 0.25) is 5.96 Å². The number of carbonyl (C=O) groups is 1. The van der Waals surface area contributed by atoms with Crippen LogP contribution in [0.25, 0.3) is 10.9 Å². The summed E-state index contributed by atoms with van der Waals surface area (Å²) >= 11 is 0. The maximum absolute atomic E-state index is 13.4. The van der Waals surface area contributed by atoms with Gasteiger partial charge in [-0.05, 0) is 55.3 Å². The fraction of sp³-hybridized carbons (Fsp3) is 0.250. The van der Waals surface area contributed by atoms with Gasteiger partial charge in [0.15, 0.2) is 5.82 Å². The lowest BCUT2D eigenvalue weighted by atomic mass is 10.2. The van der Waals surface area contributed by atoms with Crippen LogP contribution in [0.3, 0.4) is 0 Å². The van der Waals surface area contributed by atoms with Crippen molar-refractivity contribution in [1.82, 2.24) is 15.5 Å². The Labute approximate surface area is 160 Å². The first-order valence-corrected chi connectivity index (χ1v) is 9.14. The zero-order valence-electron chi connectivity index (χ0n) is 15.0. The molecule has 2 aromatic carbocycles. The Balaban J connectivity index is 1.59. The molecule has 4 rings (SSSR count). The largest absolute Gasteiger partial charge is 0.309 e. The smallest absolute Gasteiger partial charge is 0.257 e. The van der Waals surface area contributed by atoms with E-state index in [0.29, 0.717) is 22.3 Å². The summed E-state index contributed by atoms with van der Waals surface area (Å²) in [6, 6.07) is 9.67. The maximum atomic E-state index is 13.4. The van der Waals surface area contributed by atoms with Crippen LogP contribution in [0.2, 0.25) is 0 Å². The Bertz CT molecular complexity index is 1020. The highest BCUT2D eigenvalue weighted by atomic mass is 19.1. The number of nitrogens with one attached hydrogen (secondary N) is 3. The molecular formula is C20H19F2N5O. The summed E-state index contributed by atoms with van der Waals surface area (Å²) in [6.07, 6.45) is 4.09. The normalized spacial score (nSPS) is 15.1. The van der Waals surface area contributed by atoms with Crippen molar-refractivity contribution < 1.29 is 13.6 Å². The average molecular weight is 383 g/mol. The van der Waals surface area contributed by atoms with Crippen LogP contribution in [0, 0.1) is 11.6 Å². The van der Waals surface area contributed by atoms with Crippen molar-refractivity contribution in [3.8, 4) is 0 Å². The number of hydrogen-bond donors (Lipinski definition) is 3. The molecule has 28 heavy (non-hydrogen) atoms. The average Bonchev–Trinajstić information content (AvgIpc) is 3.32. The number of benzene rings is 2. The molecule has 3 N–H and O–H groups in total. The molecule has 0 saturated heterocycles. The Morgan fingerprint density at radius 2 is 1.79 bits per heavy atom. The topological polar surface area (TPSA) is 82.2 Å². The molecule has 0 aliphatic heterocycles. The van der Waals surface area contributed by atoms with Crippen molar-refractivity contribution in [2.24, 2.45) is 4.99 Å². The second kappa shape index (κ2) is 7.75. The number of aromatic amines is 1. The van der Waals surface area contributed by atoms with E-state index in [0.717, 1.165) is 25.7 Å². The predicted molar refractivity (Wildman–Crippen MR) is 103 cm³/mol.